The fourth-order valence-electron chi connectivity index (χ4n) is 1.06. The number of nitrogens with zero attached hydrogens (tertiary/aromatic N) is 3. The van der Waals surface area contributed by atoms with Gasteiger partial charge in [0, 0.05) is 6.20 Å². The van der Waals surface area contributed by atoms with E-state index in [0.717, 1.165) is 0 Å². The number of hydrogen-bond acceptors (Lipinski definition) is 3. The molecule has 5 nitrogen and oxygen atoms in total. The minimum Gasteiger partial charge on any atom is -0.477 e. The van der Waals surface area contributed by atoms with Crippen molar-refractivity contribution in [3.8, 4) is 0 Å². The van der Waals surface area contributed by atoms with Gasteiger partial charge in [0.05, 0.1) is 0 Å². The maximum atomic E-state index is 10.7. The van der Waals surface area contributed by atoms with Gasteiger partial charge in [-0.05, 0) is 12.1 Å². The van der Waals surface area contributed by atoms with Crippen LogP contribution in [0.1, 0.15) is 10.4 Å². The molecule has 66 valence electrons. The Morgan fingerprint density at radius 1 is 1.62 bits per heavy atom. The van der Waals surface area contributed by atoms with Crippen LogP contribution in [0.5, 0.6) is 0 Å². The quantitative estimate of drug-likeness (QED) is 0.743. The Labute approximate surface area is 77.5 Å². The van der Waals surface area contributed by atoms with Crippen LogP contribution < -0.4 is 0 Å². The fraction of sp³-hybridized carbons (Fsp3) is 0. The second-order valence-corrected chi connectivity index (χ2v) is 2.73. The van der Waals surface area contributed by atoms with Crippen molar-refractivity contribution in [3.05, 3.63) is 29.0 Å². The van der Waals surface area contributed by atoms with Gasteiger partial charge in [-0.25, -0.2) is 4.79 Å². The van der Waals surface area contributed by atoms with Crippen molar-refractivity contribution in [2.75, 3.05) is 0 Å². The zero-order valence-electron chi connectivity index (χ0n) is 6.31. The molecule has 0 fully saturated rings. The van der Waals surface area contributed by atoms with E-state index in [9.17, 15) is 4.79 Å². The summed E-state index contributed by atoms with van der Waals surface area (Å²) in [5.74, 6) is -1.10. The highest BCUT2D eigenvalue weighted by Gasteiger charge is 2.17. The molecule has 0 unspecified atom stereocenters. The Morgan fingerprint density at radius 2 is 2.38 bits per heavy atom. The molecule has 2 heterocycles. The molecule has 0 aliphatic heterocycles. The molecule has 0 spiro atoms. The summed E-state index contributed by atoms with van der Waals surface area (Å²) in [5.41, 5.74) is 0.370. The predicted molar refractivity (Wildman–Crippen MR) is 45.0 cm³/mol. The molecule has 0 aromatic carbocycles. The normalized spacial score (nSPS) is 10.5. The molecule has 0 aliphatic rings. The van der Waals surface area contributed by atoms with Crippen molar-refractivity contribution in [1.29, 1.82) is 0 Å². The Hall–Kier alpha value is -1.62. The second-order valence-electron chi connectivity index (χ2n) is 2.37. The standard InChI is InChI=1S/C7H4ClN3O2/c8-6-5(7(12)13)4-2-1-3-9-11(4)10-6/h1-3H,(H,12,13). The summed E-state index contributed by atoms with van der Waals surface area (Å²) >= 11 is 5.61. The summed E-state index contributed by atoms with van der Waals surface area (Å²) in [5, 5.41) is 16.3. The van der Waals surface area contributed by atoms with Crippen LogP contribution in [-0.4, -0.2) is 25.9 Å². The predicted octanol–water partition coefficient (Wildman–Crippen LogP) is 1.08. The molecule has 0 amide bonds. The van der Waals surface area contributed by atoms with Crippen LogP contribution in [0.4, 0.5) is 0 Å². The molecule has 13 heavy (non-hydrogen) atoms. The fourth-order valence-corrected chi connectivity index (χ4v) is 1.31. The number of carboxylic acid groups (broad SMARTS) is 1. The van der Waals surface area contributed by atoms with Gasteiger partial charge in [-0.3, -0.25) is 0 Å². The van der Waals surface area contributed by atoms with Crippen LogP contribution >= 0.6 is 11.6 Å². The molecule has 0 radical (unpaired) electrons. The van der Waals surface area contributed by atoms with Gasteiger partial charge in [-0.15, -0.1) is 9.73 Å². The maximum absolute atomic E-state index is 10.7. The highest BCUT2D eigenvalue weighted by molar-refractivity contribution is 6.33. The molecule has 2 aromatic rings. The number of carbonyl (C=O) groups is 1. The first kappa shape index (κ1) is 8.00. The number of halogens is 1. The lowest BCUT2D eigenvalue weighted by molar-refractivity contribution is 0.0699. The first-order chi connectivity index (χ1) is 6.20. The number of hydrogen-bond donors (Lipinski definition) is 1. The molecular weight excluding hydrogens is 194 g/mol. The number of aromatic nitrogens is 3. The van der Waals surface area contributed by atoms with Crippen LogP contribution in [0, 0.1) is 0 Å². The lowest BCUT2D eigenvalue weighted by atomic mass is 10.3. The van der Waals surface area contributed by atoms with E-state index in [1.165, 1.54) is 10.8 Å². The Morgan fingerprint density at radius 3 is 3.08 bits per heavy atom. The van der Waals surface area contributed by atoms with Crippen LogP contribution in [0.2, 0.25) is 5.15 Å². The average Bonchev–Trinajstić information content (AvgIpc) is 2.39. The Balaban J connectivity index is 2.86. The Kier molecular flexibility index (Phi) is 1.66. The second kappa shape index (κ2) is 2.70. The molecule has 1 N–H and O–H groups in total. The van der Waals surface area contributed by atoms with Gasteiger partial charge in [0.1, 0.15) is 11.1 Å². The summed E-state index contributed by atoms with van der Waals surface area (Å²) in [6.07, 6.45) is 1.50. The Bertz CT molecular complexity index is 480. The van der Waals surface area contributed by atoms with E-state index in [1.807, 2.05) is 0 Å². The monoisotopic (exact) mass is 197 g/mol. The topological polar surface area (TPSA) is 67.5 Å². The van der Waals surface area contributed by atoms with E-state index in [1.54, 1.807) is 12.1 Å². The van der Waals surface area contributed by atoms with Crippen molar-refractivity contribution >= 4 is 23.1 Å². The highest BCUT2D eigenvalue weighted by Crippen LogP contribution is 2.18. The van der Waals surface area contributed by atoms with Gasteiger partial charge >= 0.3 is 5.97 Å². The highest BCUT2D eigenvalue weighted by atomic mass is 35.5. The zero-order chi connectivity index (χ0) is 9.42. The summed E-state index contributed by atoms with van der Waals surface area (Å²) in [7, 11) is 0. The lowest BCUT2D eigenvalue weighted by Gasteiger charge is -1.90. The number of aromatic carboxylic acids is 1. The first-order valence-corrected chi connectivity index (χ1v) is 3.81. The third-order valence-corrected chi connectivity index (χ3v) is 1.86. The van der Waals surface area contributed by atoms with Crippen molar-refractivity contribution < 1.29 is 9.90 Å². The third-order valence-electron chi connectivity index (χ3n) is 1.59. The molecule has 0 saturated heterocycles. The van der Waals surface area contributed by atoms with Gasteiger partial charge in [0.15, 0.2) is 5.15 Å². The maximum Gasteiger partial charge on any atom is 0.341 e. The van der Waals surface area contributed by atoms with E-state index in [-0.39, 0.29) is 10.7 Å². The van der Waals surface area contributed by atoms with E-state index in [0.29, 0.717) is 5.52 Å². The minimum atomic E-state index is -1.10. The van der Waals surface area contributed by atoms with Crippen molar-refractivity contribution in [2.45, 2.75) is 0 Å². The molecule has 0 atom stereocenters. The first-order valence-electron chi connectivity index (χ1n) is 3.43. The molecule has 2 aromatic heterocycles. The van der Waals surface area contributed by atoms with E-state index in [4.69, 9.17) is 16.7 Å². The smallest absolute Gasteiger partial charge is 0.341 e. The summed E-state index contributed by atoms with van der Waals surface area (Å²) < 4.78 is 1.19. The minimum absolute atomic E-state index is 0.0187. The van der Waals surface area contributed by atoms with Crippen LogP contribution in [0.3, 0.4) is 0 Å². The van der Waals surface area contributed by atoms with Gasteiger partial charge in [-0.2, -0.15) is 5.10 Å². The number of rotatable bonds is 1. The van der Waals surface area contributed by atoms with Crippen LogP contribution in [0.25, 0.3) is 5.52 Å². The molecule has 0 saturated carbocycles. The van der Waals surface area contributed by atoms with Crippen LogP contribution in [0.15, 0.2) is 18.3 Å². The number of fused-ring (bicyclic) bond motifs is 1. The zero-order valence-corrected chi connectivity index (χ0v) is 7.06. The summed E-state index contributed by atoms with van der Waals surface area (Å²) in [4.78, 5) is 10.7. The molecule has 2 rings (SSSR count). The largest absolute Gasteiger partial charge is 0.477 e. The van der Waals surface area contributed by atoms with Gasteiger partial charge in [0.25, 0.3) is 0 Å². The SMILES string of the molecule is O=C(O)c1c(Cl)nn2ncccc12. The molecular formula is C7H4ClN3O2. The molecule has 6 heteroatoms. The van der Waals surface area contributed by atoms with E-state index >= 15 is 0 Å². The van der Waals surface area contributed by atoms with Crippen molar-refractivity contribution in [3.63, 3.8) is 0 Å². The number of carboxylic acids is 1. The van der Waals surface area contributed by atoms with Crippen LogP contribution in [-0.2, 0) is 0 Å². The van der Waals surface area contributed by atoms with Crippen molar-refractivity contribution in [1.82, 2.24) is 14.8 Å². The third kappa shape index (κ3) is 1.13. The lowest BCUT2D eigenvalue weighted by Crippen LogP contribution is -1.96. The molecule has 0 aliphatic carbocycles. The van der Waals surface area contributed by atoms with E-state index < -0.39 is 5.97 Å². The van der Waals surface area contributed by atoms with Crippen molar-refractivity contribution in [2.24, 2.45) is 0 Å². The van der Waals surface area contributed by atoms with Gasteiger partial charge < -0.3 is 5.11 Å². The molecule has 0 bridgehead atoms. The average molecular weight is 198 g/mol. The summed E-state index contributed by atoms with van der Waals surface area (Å²) in [6.45, 7) is 0. The summed E-state index contributed by atoms with van der Waals surface area (Å²) in [6, 6.07) is 3.22. The van der Waals surface area contributed by atoms with E-state index in [2.05, 4.69) is 10.2 Å². The van der Waals surface area contributed by atoms with Gasteiger partial charge in [0.2, 0.25) is 0 Å². The van der Waals surface area contributed by atoms with Gasteiger partial charge in [-0.1, -0.05) is 11.6 Å².